The van der Waals surface area contributed by atoms with Gasteiger partial charge in [0.15, 0.2) is 5.16 Å². The molecule has 3 heterocycles. The molecule has 1 aromatic heterocycles. The summed E-state index contributed by atoms with van der Waals surface area (Å²) < 4.78 is 14.2. The van der Waals surface area contributed by atoms with Gasteiger partial charge in [0.25, 0.3) is 0 Å². The average molecular weight is 417 g/mol. The summed E-state index contributed by atoms with van der Waals surface area (Å²) in [6.45, 7) is 8.72. The molecule has 29 heavy (non-hydrogen) atoms. The van der Waals surface area contributed by atoms with Gasteiger partial charge in [0.05, 0.1) is 19.3 Å². The van der Waals surface area contributed by atoms with Crippen LogP contribution in [0, 0.1) is 13.8 Å². The third-order valence-electron chi connectivity index (χ3n) is 5.52. The van der Waals surface area contributed by atoms with Crippen LogP contribution in [0.25, 0.3) is 0 Å². The number of anilines is 1. The van der Waals surface area contributed by atoms with Crippen LogP contribution in [0.5, 0.6) is 5.75 Å². The Balaban J connectivity index is 1.39. The first-order valence-corrected chi connectivity index (χ1v) is 11.8. The highest BCUT2D eigenvalue weighted by atomic mass is 32.2. The lowest BCUT2D eigenvalue weighted by Crippen LogP contribution is -2.33. The van der Waals surface area contributed by atoms with Crippen LogP contribution in [-0.2, 0) is 11.3 Å². The smallest absolute Gasteiger partial charge is 0.228 e. The lowest BCUT2D eigenvalue weighted by Gasteiger charge is -2.28. The van der Waals surface area contributed by atoms with Crippen molar-refractivity contribution in [1.82, 2.24) is 14.8 Å². The van der Waals surface area contributed by atoms with E-state index in [9.17, 15) is 0 Å². The van der Waals surface area contributed by atoms with Gasteiger partial charge in [0, 0.05) is 25.4 Å². The van der Waals surface area contributed by atoms with Crippen molar-refractivity contribution in [3.63, 3.8) is 0 Å². The van der Waals surface area contributed by atoms with Crippen LogP contribution in [0.4, 0.5) is 5.95 Å². The minimum absolute atomic E-state index is 0.278. The molecule has 2 aromatic rings. The molecule has 0 N–H and O–H groups in total. The molecular formula is C22H32N4O2S. The first kappa shape index (κ1) is 20.5. The van der Waals surface area contributed by atoms with E-state index in [1.807, 2.05) is 0 Å². The zero-order chi connectivity index (χ0) is 20.1. The van der Waals surface area contributed by atoms with Gasteiger partial charge in [-0.15, -0.1) is 10.2 Å². The standard InChI is InChI=1S/C22H32N4O2S/c1-17-13-18(2)15-20(14-17)28-11-12-29-22-24-23-21(25-8-4-3-5-9-25)26(22)16-19-7-6-10-27-19/h13-15,19H,3-12,16H2,1-2H3. The Kier molecular flexibility index (Phi) is 6.98. The molecule has 2 saturated heterocycles. The second kappa shape index (κ2) is 9.85. The topological polar surface area (TPSA) is 52.4 Å². The van der Waals surface area contributed by atoms with Crippen molar-refractivity contribution in [3.8, 4) is 5.75 Å². The quantitative estimate of drug-likeness (QED) is 0.474. The number of hydrogen-bond donors (Lipinski definition) is 0. The number of rotatable bonds is 8. The third kappa shape index (κ3) is 5.45. The predicted octanol–water partition coefficient (Wildman–Crippen LogP) is 4.24. The van der Waals surface area contributed by atoms with Crippen molar-refractivity contribution in [1.29, 1.82) is 0 Å². The minimum atomic E-state index is 0.278. The van der Waals surface area contributed by atoms with Crippen molar-refractivity contribution in [3.05, 3.63) is 29.3 Å². The summed E-state index contributed by atoms with van der Waals surface area (Å²) >= 11 is 1.73. The van der Waals surface area contributed by atoms with E-state index in [1.54, 1.807) is 11.8 Å². The summed E-state index contributed by atoms with van der Waals surface area (Å²) in [4.78, 5) is 2.39. The van der Waals surface area contributed by atoms with E-state index in [1.165, 1.54) is 30.4 Å². The van der Waals surface area contributed by atoms with Gasteiger partial charge in [-0.2, -0.15) is 0 Å². The zero-order valence-corrected chi connectivity index (χ0v) is 18.4. The monoisotopic (exact) mass is 416 g/mol. The first-order chi connectivity index (χ1) is 14.2. The molecule has 158 valence electrons. The molecule has 0 saturated carbocycles. The molecular weight excluding hydrogens is 384 g/mol. The maximum atomic E-state index is 5.97. The van der Waals surface area contributed by atoms with E-state index >= 15 is 0 Å². The number of thioether (sulfide) groups is 1. The maximum absolute atomic E-state index is 5.97. The second-order valence-corrected chi connectivity index (χ2v) is 9.16. The normalized spacial score (nSPS) is 19.7. The summed E-state index contributed by atoms with van der Waals surface area (Å²) in [5.74, 6) is 2.80. The lowest BCUT2D eigenvalue weighted by atomic mass is 10.1. The maximum Gasteiger partial charge on any atom is 0.228 e. The van der Waals surface area contributed by atoms with Crippen LogP contribution in [0.2, 0.25) is 0 Å². The highest BCUT2D eigenvalue weighted by Gasteiger charge is 2.24. The van der Waals surface area contributed by atoms with Crippen molar-refractivity contribution >= 4 is 17.7 Å². The van der Waals surface area contributed by atoms with Gasteiger partial charge in [-0.3, -0.25) is 4.57 Å². The van der Waals surface area contributed by atoms with Crippen LogP contribution in [0.1, 0.15) is 43.2 Å². The van der Waals surface area contributed by atoms with Gasteiger partial charge in [0.1, 0.15) is 5.75 Å². The number of hydrogen-bond acceptors (Lipinski definition) is 6. The van der Waals surface area contributed by atoms with Crippen molar-refractivity contribution < 1.29 is 9.47 Å². The third-order valence-corrected chi connectivity index (χ3v) is 6.46. The summed E-state index contributed by atoms with van der Waals surface area (Å²) in [5.41, 5.74) is 2.46. The zero-order valence-electron chi connectivity index (χ0n) is 17.6. The van der Waals surface area contributed by atoms with E-state index in [-0.39, 0.29) is 6.10 Å². The van der Waals surface area contributed by atoms with E-state index in [2.05, 4.69) is 51.7 Å². The Morgan fingerprint density at radius 3 is 2.59 bits per heavy atom. The van der Waals surface area contributed by atoms with Gasteiger partial charge in [-0.25, -0.2) is 0 Å². The van der Waals surface area contributed by atoms with Gasteiger partial charge in [-0.1, -0.05) is 17.8 Å². The molecule has 0 amide bonds. The summed E-state index contributed by atoms with van der Waals surface area (Å²) in [5, 5.41) is 10.1. The van der Waals surface area contributed by atoms with Gasteiger partial charge in [0.2, 0.25) is 5.95 Å². The molecule has 0 bridgehead atoms. The van der Waals surface area contributed by atoms with E-state index in [0.29, 0.717) is 6.61 Å². The fourth-order valence-corrected chi connectivity index (χ4v) is 4.94. The van der Waals surface area contributed by atoms with Crippen molar-refractivity contribution in [2.24, 2.45) is 0 Å². The van der Waals surface area contributed by atoms with Crippen LogP contribution in [0.3, 0.4) is 0 Å². The Morgan fingerprint density at radius 2 is 1.86 bits per heavy atom. The lowest BCUT2D eigenvalue weighted by molar-refractivity contribution is 0.0951. The van der Waals surface area contributed by atoms with Crippen LogP contribution < -0.4 is 9.64 Å². The fraction of sp³-hybridized carbons (Fsp3) is 0.636. The SMILES string of the molecule is Cc1cc(C)cc(OCCSc2nnc(N3CCCCC3)n2CC2CCCO2)c1. The molecule has 1 unspecified atom stereocenters. The minimum Gasteiger partial charge on any atom is -0.493 e. The first-order valence-electron chi connectivity index (χ1n) is 10.8. The second-order valence-electron chi connectivity index (χ2n) is 8.10. The Labute approximate surface area is 178 Å². The molecule has 2 fully saturated rings. The van der Waals surface area contributed by atoms with Crippen LogP contribution in [0.15, 0.2) is 23.4 Å². The van der Waals surface area contributed by atoms with Gasteiger partial charge in [-0.05, 0) is 69.2 Å². The number of benzene rings is 1. The molecule has 1 aromatic carbocycles. The summed E-state index contributed by atoms with van der Waals surface area (Å²) in [6.07, 6.45) is 6.34. The van der Waals surface area contributed by atoms with E-state index in [0.717, 1.165) is 61.7 Å². The fourth-order valence-electron chi connectivity index (χ4n) is 4.18. The van der Waals surface area contributed by atoms with Crippen molar-refractivity contribution in [2.75, 3.05) is 37.0 Å². The summed E-state index contributed by atoms with van der Waals surface area (Å²) in [7, 11) is 0. The Hall–Kier alpha value is -1.73. The Bertz CT molecular complexity index is 778. The molecule has 1 atom stereocenters. The van der Waals surface area contributed by atoms with Crippen LogP contribution >= 0.6 is 11.8 Å². The predicted molar refractivity (Wildman–Crippen MR) is 117 cm³/mol. The Morgan fingerprint density at radius 1 is 1.07 bits per heavy atom. The number of nitrogens with zero attached hydrogens (tertiary/aromatic N) is 4. The van der Waals surface area contributed by atoms with E-state index < -0.39 is 0 Å². The highest BCUT2D eigenvalue weighted by Crippen LogP contribution is 2.27. The summed E-state index contributed by atoms with van der Waals surface area (Å²) in [6, 6.07) is 6.34. The number of aryl methyl sites for hydroxylation is 2. The molecule has 2 aliphatic heterocycles. The average Bonchev–Trinajstić information content (AvgIpc) is 3.36. The number of piperidine rings is 1. The molecule has 0 spiro atoms. The molecule has 2 aliphatic rings. The van der Waals surface area contributed by atoms with Gasteiger partial charge >= 0.3 is 0 Å². The number of ether oxygens (including phenoxy) is 2. The molecule has 6 nitrogen and oxygen atoms in total. The molecule has 4 rings (SSSR count). The molecule has 0 aliphatic carbocycles. The van der Waals surface area contributed by atoms with Crippen molar-refractivity contribution in [2.45, 2.75) is 63.8 Å². The molecule has 7 heteroatoms. The largest absolute Gasteiger partial charge is 0.493 e. The highest BCUT2D eigenvalue weighted by molar-refractivity contribution is 7.99. The van der Waals surface area contributed by atoms with Gasteiger partial charge < -0.3 is 14.4 Å². The number of aromatic nitrogens is 3. The van der Waals surface area contributed by atoms with E-state index in [4.69, 9.17) is 9.47 Å². The van der Waals surface area contributed by atoms with Crippen LogP contribution in [-0.4, -0.2) is 52.9 Å². The molecule has 0 radical (unpaired) electrons.